The third kappa shape index (κ3) is 12.7. The highest BCUT2D eigenvalue weighted by atomic mass is 35.6. The summed E-state index contributed by atoms with van der Waals surface area (Å²) in [6, 6.07) is 37.9. The topological polar surface area (TPSA) is 34.1 Å². The minimum atomic E-state index is -4.77. The first-order valence-corrected chi connectivity index (χ1v) is 23.2. The molecule has 7 aromatic carbocycles. The van der Waals surface area contributed by atoms with Crippen LogP contribution in [-0.2, 0) is 42.6 Å². The summed E-state index contributed by atoms with van der Waals surface area (Å²) in [5, 5.41) is 2.86. The van der Waals surface area contributed by atoms with Crippen molar-refractivity contribution in [1.82, 2.24) is 0 Å². The van der Waals surface area contributed by atoms with Gasteiger partial charge in [0.15, 0.2) is 15.9 Å². The molecule has 7 aromatic rings. The number of hydrogen-bond acceptors (Lipinski definition) is 2. The molecule has 0 saturated heterocycles. The Morgan fingerprint density at radius 1 is 0.429 bits per heavy atom. The van der Waals surface area contributed by atoms with E-state index < -0.39 is 66.8 Å². The maximum atomic E-state index is 13.7. The van der Waals surface area contributed by atoms with Crippen LogP contribution < -0.4 is 21.9 Å². The lowest BCUT2D eigenvalue weighted by atomic mass is 9.13. The second-order valence-corrected chi connectivity index (χ2v) is 20.2. The Morgan fingerprint density at radius 3 is 1.03 bits per heavy atom. The van der Waals surface area contributed by atoms with Crippen LogP contribution in [0.5, 0.6) is 0 Å². The van der Waals surface area contributed by atoms with Gasteiger partial charge in [-0.3, -0.25) is 4.79 Å². The number of carbonyl (C=O) groups is 1. The summed E-state index contributed by atoms with van der Waals surface area (Å²) in [6.45, 7) is 0. The van der Waals surface area contributed by atoms with Crippen molar-refractivity contribution >= 4 is 78.5 Å². The van der Waals surface area contributed by atoms with Gasteiger partial charge in [0.05, 0.1) is 22.3 Å². The largest absolute Gasteiger partial charge is 0.416 e. The number of rotatable bonds is 8. The molecule has 70 heavy (non-hydrogen) atoms. The molecule has 362 valence electrons. The second-order valence-electron chi connectivity index (χ2n) is 15.6. The molecular weight excluding hydrogens is 1020 g/mol. The molecule has 1 atom stereocenters. The first kappa shape index (κ1) is 53.4. The van der Waals surface area contributed by atoms with Crippen molar-refractivity contribution in [2.45, 2.75) is 33.4 Å². The Kier molecular flexibility index (Phi) is 15.8. The van der Waals surface area contributed by atoms with Crippen LogP contribution in [0.25, 0.3) is 0 Å². The van der Waals surface area contributed by atoms with E-state index in [4.69, 9.17) is 34.8 Å². The van der Waals surface area contributed by atoms with Gasteiger partial charge < -0.3 is 0 Å². The summed E-state index contributed by atoms with van der Waals surface area (Å²) in [5.74, 6) is 2.41. The molecule has 0 aliphatic carbocycles. The van der Waals surface area contributed by atoms with E-state index in [2.05, 4.69) is 11.2 Å². The molecule has 1 unspecified atom stereocenters. The molecule has 7 rings (SSSR count). The van der Waals surface area contributed by atoms with Crippen LogP contribution >= 0.6 is 34.8 Å². The van der Waals surface area contributed by atoms with Gasteiger partial charge in [-0.1, -0.05) is 197 Å². The molecule has 0 amide bonds. The van der Waals surface area contributed by atoms with E-state index in [1.165, 1.54) is 0 Å². The SMILES string of the molecule is FC(F)(F)c1ccc([B-](c2ccc(C(F)(F)F)cc2)(c2ccc(C(F)(F)F)cc2)c2ccc(C(F)(F)F)cc2)cc1.O=C(C[S+](=O)(C#Cc1ccccc1)c1ccccc1)c1ccc(C(Cl)(Cl)Cl)cc1. The van der Waals surface area contributed by atoms with Gasteiger partial charge in [0.1, 0.15) is 6.15 Å². The number of alkyl halides is 15. The first-order chi connectivity index (χ1) is 32.6. The Morgan fingerprint density at radius 2 is 0.729 bits per heavy atom. The molecule has 0 radical (unpaired) electrons. The molecule has 0 aromatic heterocycles. The second kappa shape index (κ2) is 20.8. The Bertz CT molecular complexity index is 2760. The van der Waals surface area contributed by atoms with Crippen LogP contribution in [0.1, 0.15) is 43.7 Å². The molecule has 0 saturated carbocycles. The molecule has 0 fully saturated rings. The highest BCUT2D eigenvalue weighted by Crippen LogP contribution is 2.38. The van der Waals surface area contributed by atoms with Crippen molar-refractivity contribution in [3.63, 3.8) is 0 Å². The minimum absolute atomic E-state index is 0.0114. The van der Waals surface area contributed by atoms with Gasteiger partial charge in [0, 0.05) is 16.7 Å². The normalized spacial score (nSPS) is 13.2. The average Bonchev–Trinajstić information content (AvgIpc) is 3.31. The van der Waals surface area contributed by atoms with Gasteiger partial charge in [-0.2, -0.15) is 74.5 Å². The van der Waals surface area contributed by atoms with Crippen molar-refractivity contribution in [1.29, 1.82) is 0 Å². The number of Topliss-reactive ketones (excluding diaryl/α,β-unsaturated/α-hetero) is 1. The summed E-state index contributed by atoms with van der Waals surface area (Å²) in [6.07, 6.45) is -22.0. The van der Waals surface area contributed by atoms with E-state index in [0.29, 0.717) is 64.6 Å². The van der Waals surface area contributed by atoms with Crippen molar-refractivity contribution in [3.8, 4) is 11.2 Å². The fraction of sp³-hybridized carbons (Fsp3) is 0.118. The number of carbonyl (C=O) groups excluding carboxylic acids is 1. The maximum Gasteiger partial charge on any atom is 0.416 e. The molecular formula is C51H32BCl3F12O2S. The third-order valence-corrected chi connectivity index (χ3v) is 13.9. The maximum absolute atomic E-state index is 13.7. The number of halogens is 15. The van der Waals surface area contributed by atoms with Gasteiger partial charge in [0.25, 0.3) is 0 Å². The standard InChI is InChI=1S/C28H16BF12.C23H16Cl3O2S/c30-25(31,32)17-1-9-21(10-2-17)29(22-11-3-18(4-12-22)26(33,34)35,23-13-5-19(6-14-23)27(36,37)38)24-15-7-20(8-16-24)28(39,40)41;24-23(25,26)20-13-11-19(12-14-20)22(27)17-29(28,21-9-5-2-6-10-21)16-15-18-7-3-1-4-8-18/h1-16H;1-14H,17H2/q-1;+1. The van der Waals surface area contributed by atoms with E-state index in [9.17, 15) is 61.7 Å². The molecule has 0 spiro atoms. The van der Waals surface area contributed by atoms with Crippen LogP contribution in [0, 0.1) is 11.2 Å². The summed E-state index contributed by atoms with van der Waals surface area (Å²) >= 11 is 17.6. The summed E-state index contributed by atoms with van der Waals surface area (Å²) in [7, 11) is -2.94. The van der Waals surface area contributed by atoms with Crippen LogP contribution in [0.2, 0.25) is 0 Å². The Hall–Kier alpha value is -5.99. The lowest BCUT2D eigenvalue weighted by Crippen LogP contribution is -2.74. The zero-order chi connectivity index (χ0) is 51.3. The minimum Gasteiger partial charge on any atom is -0.289 e. The highest BCUT2D eigenvalue weighted by molar-refractivity contribution is 8.07. The van der Waals surface area contributed by atoms with E-state index in [-0.39, 0.29) is 33.4 Å². The third-order valence-electron chi connectivity index (χ3n) is 11.1. The van der Waals surface area contributed by atoms with E-state index >= 15 is 0 Å². The highest BCUT2D eigenvalue weighted by Gasteiger charge is 2.39. The van der Waals surface area contributed by atoms with Gasteiger partial charge in [0.2, 0.25) is 19.5 Å². The van der Waals surface area contributed by atoms with Crippen LogP contribution in [0.15, 0.2) is 187 Å². The van der Waals surface area contributed by atoms with Gasteiger partial charge in [-0.05, 0) is 30.2 Å². The van der Waals surface area contributed by atoms with Crippen molar-refractivity contribution in [2.24, 2.45) is 0 Å². The molecule has 0 N–H and O–H groups in total. The smallest absolute Gasteiger partial charge is 0.289 e. The monoisotopic (exact) mass is 1050 g/mol. The predicted molar refractivity (Wildman–Crippen MR) is 251 cm³/mol. The fourth-order valence-corrected chi connectivity index (χ4v) is 9.74. The van der Waals surface area contributed by atoms with E-state index in [1.807, 2.05) is 36.4 Å². The molecule has 0 aliphatic rings. The summed E-state index contributed by atoms with van der Waals surface area (Å²) in [4.78, 5) is 13.4. The van der Waals surface area contributed by atoms with Gasteiger partial charge in [-0.25, -0.2) is 0 Å². The zero-order valence-corrected chi connectivity index (χ0v) is 38.6. The Labute approximate surface area is 409 Å². The van der Waals surface area contributed by atoms with E-state index in [0.717, 1.165) is 54.1 Å². The lowest BCUT2D eigenvalue weighted by Gasteiger charge is -2.44. The first-order valence-electron chi connectivity index (χ1n) is 20.3. The van der Waals surface area contributed by atoms with Gasteiger partial charge >= 0.3 is 24.7 Å². The number of ketones is 1. The Balaban J connectivity index is 0.000000244. The molecule has 0 heterocycles. The molecule has 19 heteroatoms. The molecule has 0 aliphatic heterocycles. The number of benzene rings is 7. The van der Waals surface area contributed by atoms with Crippen molar-refractivity contribution in [3.05, 3.63) is 221 Å². The quantitative estimate of drug-likeness (QED) is 0.0380. The van der Waals surface area contributed by atoms with E-state index in [1.54, 1.807) is 48.5 Å². The number of hydrogen-bond donors (Lipinski definition) is 0. The van der Waals surface area contributed by atoms with Crippen molar-refractivity contribution in [2.75, 3.05) is 5.75 Å². The van der Waals surface area contributed by atoms with Gasteiger partial charge in [-0.15, -0.1) is 0 Å². The fourth-order valence-electron chi connectivity index (χ4n) is 7.59. The summed E-state index contributed by atoms with van der Waals surface area (Å²) < 4.78 is 172. The molecule has 2 nitrogen and oxygen atoms in total. The predicted octanol–water partition coefficient (Wildman–Crippen LogP) is 13.4. The average molecular weight is 1050 g/mol. The van der Waals surface area contributed by atoms with Crippen molar-refractivity contribution < 1.29 is 61.7 Å². The summed E-state index contributed by atoms with van der Waals surface area (Å²) in [5.41, 5.74) is -2.73. The van der Waals surface area contributed by atoms with Crippen LogP contribution in [0.4, 0.5) is 52.7 Å². The van der Waals surface area contributed by atoms with Crippen LogP contribution in [0.3, 0.4) is 0 Å². The lowest BCUT2D eigenvalue weighted by molar-refractivity contribution is -0.138. The van der Waals surface area contributed by atoms with Crippen LogP contribution in [-0.4, -0.2) is 17.7 Å². The molecule has 0 bridgehead atoms. The zero-order valence-electron chi connectivity index (χ0n) is 35.5.